The summed E-state index contributed by atoms with van der Waals surface area (Å²) in [6.07, 6.45) is -0.207. The summed E-state index contributed by atoms with van der Waals surface area (Å²) >= 11 is 0. The van der Waals surface area contributed by atoms with Crippen LogP contribution >= 0.6 is 0 Å². The van der Waals surface area contributed by atoms with Crippen LogP contribution in [-0.2, 0) is 14.4 Å². The number of imide groups is 1. The molecule has 1 N–H and O–H groups in total. The summed E-state index contributed by atoms with van der Waals surface area (Å²) in [7, 11) is 1.68. The third kappa shape index (κ3) is 2.76. The number of carbonyl (C=O) groups excluding carboxylic acids is 2. The van der Waals surface area contributed by atoms with Crippen LogP contribution in [0.5, 0.6) is 0 Å². The van der Waals surface area contributed by atoms with Gasteiger partial charge in [-0.2, -0.15) is 0 Å². The van der Waals surface area contributed by atoms with Crippen molar-refractivity contribution in [2.45, 2.75) is 19.4 Å². The fourth-order valence-corrected chi connectivity index (χ4v) is 1.64. The zero-order valence-corrected chi connectivity index (χ0v) is 8.77. The van der Waals surface area contributed by atoms with E-state index in [2.05, 4.69) is 0 Å². The number of carboxylic acids is 1. The molecule has 1 aliphatic rings. The first-order valence-corrected chi connectivity index (χ1v) is 4.67. The molecule has 1 aliphatic heterocycles. The lowest BCUT2D eigenvalue weighted by molar-refractivity contribution is -0.154. The Morgan fingerprint density at radius 2 is 1.87 bits per heavy atom. The van der Waals surface area contributed by atoms with Gasteiger partial charge in [0.2, 0.25) is 11.8 Å². The van der Waals surface area contributed by atoms with Crippen molar-refractivity contribution in [3.8, 4) is 0 Å². The van der Waals surface area contributed by atoms with Gasteiger partial charge in [0.25, 0.3) is 0 Å². The number of rotatable bonds is 3. The Labute approximate surface area is 87.5 Å². The number of carboxylic acid groups (broad SMARTS) is 1. The van der Waals surface area contributed by atoms with Crippen LogP contribution in [0.1, 0.15) is 13.3 Å². The first-order chi connectivity index (χ1) is 6.91. The van der Waals surface area contributed by atoms with Crippen LogP contribution in [0.3, 0.4) is 0 Å². The SMILES string of the molecule is CC(CC(=O)O)N1C(=O)CN(C)CC1=O. The Morgan fingerprint density at radius 1 is 1.40 bits per heavy atom. The van der Waals surface area contributed by atoms with Gasteiger partial charge in [-0.3, -0.25) is 24.2 Å². The van der Waals surface area contributed by atoms with Crippen LogP contribution in [0.15, 0.2) is 0 Å². The van der Waals surface area contributed by atoms with Crippen LogP contribution in [0.4, 0.5) is 0 Å². The molecule has 6 heteroatoms. The van der Waals surface area contributed by atoms with Crippen molar-refractivity contribution in [2.75, 3.05) is 20.1 Å². The molecule has 0 spiro atoms. The third-order valence-electron chi connectivity index (χ3n) is 2.26. The van der Waals surface area contributed by atoms with Gasteiger partial charge in [0.05, 0.1) is 19.5 Å². The monoisotopic (exact) mass is 214 g/mol. The number of carbonyl (C=O) groups is 3. The van der Waals surface area contributed by atoms with E-state index in [1.807, 2.05) is 0 Å². The number of aliphatic carboxylic acids is 1. The molecular weight excluding hydrogens is 200 g/mol. The van der Waals surface area contributed by atoms with Gasteiger partial charge >= 0.3 is 5.97 Å². The second kappa shape index (κ2) is 4.39. The molecule has 0 saturated carbocycles. The highest BCUT2D eigenvalue weighted by molar-refractivity contribution is 6.00. The largest absolute Gasteiger partial charge is 0.481 e. The normalized spacial score (nSPS) is 20.5. The number of hydrogen-bond acceptors (Lipinski definition) is 4. The minimum Gasteiger partial charge on any atom is -0.481 e. The molecule has 1 saturated heterocycles. The average Bonchev–Trinajstić information content (AvgIpc) is 1.99. The number of amides is 2. The molecule has 1 atom stereocenters. The highest BCUT2D eigenvalue weighted by atomic mass is 16.4. The summed E-state index contributed by atoms with van der Waals surface area (Å²) in [4.78, 5) is 36.1. The Kier molecular flexibility index (Phi) is 3.41. The summed E-state index contributed by atoms with van der Waals surface area (Å²) in [5.74, 6) is -1.67. The predicted octanol–water partition coefficient (Wildman–Crippen LogP) is -0.850. The van der Waals surface area contributed by atoms with Crippen LogP contribution < -0.4 is 0 Å². The van der Waals surface area contributed by atoms with Crippen molar-refractivity contribution in [3.05, 3.63) is 0 Å². The molecule has 84 valence electrons. The molecule has 1 rings (SSSR count). The molecule has 0 aliphatic carbocycles. The Bertz CT molecular complexity index is 284. The van der Waals surface area contributed by atoms with Crippen LogP contribution in [0.2, 0.25) is 0 Å². The Hall–Kier alpha value is -1.43. The smallest absolute Gasteiger partial charge is 0.305 e. The van der Waals surface area contributed by atoms with E-state index in [1.165, 1.54) is 0 Å². The number of hydrogen-bond donors (Lipinski definition) is 1. The summed E-state index contributed by atoms with van der Waals surface area (Å²) in [6.45, 7) is 1.89. The molecule has 0 aromatic carbocycles. The zero-order valence-electron chi connectivity index (χ0n) is 8.77. The minimum atomic E-state index is -1.01. The average molecular weight is 214 g/mol. The summed E-state index contributed by atoms with van der Waals surface area (Å²) < 4.78 is 0. The Morgan fingerprint density at radius 3 is 2.27 bits per heavy atom. The van der Waals surface area contributed by atoms with Crippen molar-refractivity contribution in [1.82, 2.24) is 9.80 Å². The van der Waals surface area contributed by atoms with Gasteiger partial charge in [0.15, 0.2) is 0 Å². The molecule has 1 fully saturated rings. The van der Waals surface area contributed by atoms with Crippen molar-refractivity contribution in [3.63, 3.8) is 0 Å². The maximum atomic E-state index is 11.5. The van der Waals surface area contributed by atoms with Gasteiger partial charge in [-0.1, -0.05) is 0 Å². The molecule has 6 nitrogen and oxygen atoms in total. The van der Waals surface area contributed by atoms with E-state index in [0.717, 1.165) is 4.90 Å². The van der Waals surface area contributed by atoms with Gasteiger partial charge in [-0.15, -0.1) is 0 Å². The van der Waals surface area contributed by atoms with E-state index in [4.69, 9.17) is 5.11 Å². The van der Waals surface area contributed by atoms with Crippen LogP contribution in [0.25, 0.3) is 0 Å². The van der Waals surface area contributed by atoms with Gasteiger partial charge in [0.1, 0.15) is 0 Å². The molecule has 0 aromatic heterocycles. The van der Waals surface area contributed by atoms with Crippen LogP contribution in [-0.4, -0.2) is 58.9 Å². The minimum absolute atomic E-state index is 0.162. The zero-order chi connectivity index (χ0) is 11.6. The lowest BCUT2D eigenvalue weighted by Crippen LogP contribution is -2.56. The lowest BCUT2D eigenvalue weighted by atomic mass is 10.1. The summed E-state index contributed by atoms with van der Waals surface area (Å²) in [5.41, 5.74) is 0. The topological polar surface area (TPSA) is 77.9 Å². The van der Waals surface area contributed by atoms with Crippen molar-refractivity contribution in [1.29, 1.82) is 0 Å². The van der Waals surface area contributed by atoms with Crippen molar-refractivity contribution < 1.29 is 19.5 Å². The van der Waals surface area contributed by atoms with Crippen molar-refractivity contribution in [2.24, 2.45) is 0 Å². The molecule has 0 aromatic rings. The summed E-state index contributed by atoms with van der Waals surface area (Å²) in [5, 5.41) is 8.58. The highest BCUT2D eigenvalue weighted by Crippen LogP contribution is 2.10. The molecule has 0 bridgehead atoms. The van der Waals surface area contributed by atoms with E-state index in [9.17, 15) is 14.4 Å². The molecule has 1 unspecified atom stereocenters. The maximum absolute atomic E-state index is 11.5. The molecule has 1 heterocycles. The van der Waals surface area contributed by atoms with Gasteiger partial charge in [-0.25, -0.2) is 0 Å². The number of piperazine rings is 1. The molecule has 2 amide bonds. The number of nitrogens with zero attached hydrogens (tertiary/aromatic N) is 2. The predicted molar refractivity (Wildman–Crippen MR) is 51.1 cm³/mol. The molecular formula is C9H14N2O4. The third-order valence-corrected chi connectivity index (χ3v) is 2.26. The van der Waals surface area contributed by atoms with E-state index in [1.54, 1.807) is 18.9 Å². The maximum Gasteiger partial charge on any atom is 0.305 e. The van der Waals surface area contributed by atoms with E-state index in [0.29, 0.717) is 0 Å². The molecule has 0 radical (unpaired) electrons. The number of likely N-dealkylation sites (N-methyl/N-ethyl adjacent to an activating group) is 1. The van der Waals surface area contributed by atoms with E-state index in [-0.39, 0.29) is 31.3 Å². The van der Waals surface area contributed by atoms with Gasteiger partial charge in [-0.05, 0) is 14.0 Å². The van der Waals surface area contributed by atoms with Crippen LogP contribution in [0, 0.1) is 0 Å². The first-order valence-electron chi connectivity index (χ1n) is 4.67. The Balaban J connectivity index is 2.71. The van der Waals surface area contributed by atoms with Gasteiger partial charge in [0, 0.05) is 6.04 Å². The quantitative estimate of drug-likeness (QED) is 0.619. The fraction of sp³-hybridized carbons (Fsp3) is 0.667. The standard InChI is InChI=1S/C9H14N2O4/c1-6(3-9(14)15)11-7(12)4-10(2)5-8(11)13/h6H,3-5H2,1-2H3,(H,14,15). The summed E-state index contributed by atoms with van der Waals surface area (Å²) in [6, 6.07) is -0.573. The highest BCUT2D eigenvalue weighted by Gasteiger charge is 2.33. The van der Waals surface area contributed by atoms with E-state index < -0.39 is 12.0 Å². The fourth-order valence-electron chi connectivity index (χ4n) is 1.64. The second-order valence-electron chi connectivity index (χ2n) is 3.78. The first kappa shape index (κ1) is 11.6. The van der Waals surface area contributed by atoms with E-state index >= 15 is 0 Å². The molecule has 15 heavy (non-hydrogen) atoms. The van der Waals surface area contributed by atoms with Crippen molar-refractivity contribution >= 4 is 17.8 Å². The second-order valence-corrected chi connectivity index (χ2v) is 3.78. The van der Waals surface area contributed by atoms with Gasteiger partial charge < -0.3 is 5.11 Å². The lowest BCUT2D eigenvalue weighted by Gasteiger charge is -2.33.